The summed E-state index contributed by atoms with van der Waals surface area (Å²) in [6.07, 6.45) is 16.7. The van der Waals surface area contributed by atoms with Crippen molar-refractivity contribution < 1.29 is 4.74 Å². The minimum absolute atomic E-state index is 0.507. The first-order valence-corrected chi connectivity index (χ1v) is 12.7. The summed E-state index contributed by atoms with van der Waals surface area (Å²) in [6.45, 7) is 12.6. The van der Waals surface area contributed by atoms with Crippen LogP contribution in [0.4, 0.5) is 0 Å². The Morgan fingerprint density at radius 2 is 1.89 bits per heavy atom. The second-order valence-corrected chi connectivity index (χ2v) is 12.3. The summed E-state index contributed by atoms with van der Waals surface area (Å²) in [6, 6.07) is 0. The van der Waals surface area contributed by atoms with E-state index in [-0.39, 0.29) is 0 Å². The zero-order valence-corrected chi connectivity index (χ0v) is 19.2. The number of ether oxygens (including phenoxy) is 1. The van der Waals surface area contributed by atoms with Crippen LogP contribution in [0.2, 0.25) is 0 Å². The molecule has 0 aromatic rings. The maximum Gasteiger partial charge on any atom is 0.0622 e. The molecule has 28 heavy (non-hydrogen) atoms. The van der Waals surface area contributed by atoms with Crippen molar-refractivity contribution in [2.75, 3.05) is 0 Å². The van der Waals surface area contributed by atoms with Crippen LogP contribution in [0.3, 0.4) is 0 Å². The van der Waals surface area contributed by atoms with E-state index in [0.29, 0.717) is 23.0 Å². The Hall–Kier alpha value is -0.300. The average Bonchev–Trinajstić information content (AvgIpc) is 3.13. The van der Waals surface area contributed by atoms with Gasteiger partial charge in [0.05, 0.1) is 12.2 Å². The van der Waals surface area contributed by atoms with E-state index in [1.165, 1.54) is 70.6 Å². The molecule has 0 N–H and O–H groups in total. The summed E-state index contributed by atoms with van der Waals surface area (Å²) in [7, 11) is 0. The van der Waals surface area contributed by atoms with Crippen LogP contribution in [0.1, 0.15) is 105 Å². The van der Waals surface area contributed by atoms with E-state index in [9.17, 15) is 0 Å². The summed E-state index contributed by atoms with van der Waals surface area (Å²) in [5, 5.41) is 0. The quantitative estimate of drug-likeness (QED) is 0.456. The van der Waals surface area contributed by atoms with Gasteiger partial charge in [-0.2, -0.15) is 0 Å². The molecular weight excluding hydrogens is 340 g/mol. The van der Waals surface area contributed by atoms with Crippen molar-refractivity contribution in [3.05, 3.63) is 11.1 Å². The second kappa shape index (κ2) is 6.86. The molecule has 0 aromatic carbocycles. The molecule has 5 aliphatic rings. The van der Waals surface area contributed by atoms with E-state index < -0.39 is 0 Å². The van der Waals surface area contributed by atoms with Crippen LogP contribution in [-0.2, 0) is 4.74 Å². The summed E-state index contributed by atoms with van der Waals surface area (Å²) in [5.41, 5.74) is 4.96. The first-order valence-electron chi connectivity index (χ1n) is 12.7. The van der Waals surface area contributed by atoms with Crippen LogP contribution in [0, 0.1) is 40.4 Å². The van der Waals surface area contributed by atoms with Crippen molar-refractivity contribution in [3.63, 3.8) is 0 Å². The van der Waals surface area contributed by atoms with Gasteiger partial charge in [0.1, 0.15) is 0 Å². The molecule has 1 heterocycles. The van der Waals surface area contributed by atoms with E-state index in [1.54, 1.807) is 0 Å². The summed E-state index contributed by atoms with van der Waals surface area (Å²) in [5.74, 6) is 4.18. The van der Waals surface area contributed by atoms with Gasteiger partial charge in [0.25, 0.3) is 0 Å². The standard InChI is InChI=1S/C27H44O/c1-17(2)9-12-23-18(3)25-24(28-23)16-22-20-11-10-19-8-6-7-14-26(19,4)21(20)13-15-27(22,25)5/h17-19,22-25H,6-16H2,1-5H3/t18-,19?,22+,23?,24+,25+,26+,27+/m1/s1. The lowest BCUT2D eigenvalue weighted by atomic mass is 9.50. The van der Waals surface area contributed by atoms with Gasteiger partial charge in [-0.05, 0) is 98.2 Å². The van der Waals surface area contributed by atoms with E-state index >= 15 is 0 Å². The Morgan fingerprint density at radius 3 is 2.68 bits per heavy atom. The Labute approximate surface area is 174 Å². The van der Waals surface area contributed by atoms with Gasteiger partial charge in [-0.15, -0.1) is 0 Å². The summed E-state index contributed by atoms with van der Waals surface area (Å²) in [4.78, 5) is 0. The molecule has 0 radical (unpaired) electrons. The lowest BCUT2D eigenvalue weighted by Crippen LogP contribution is -2.44. The van der Waals surface area contributed by atoms with Gasteiger partial charge < -0.3 is 4.74 Å². The average molecular weight is 385 g/mol. The third kappa shape index (κ3) is 2.74. The van der Waals surface area contributed by atoms with Crippen LogP contribution in [0.5, 0.6) is 0 Å². The Bertz CT molecular complexity index is 647. The zero-order valence-electron chi connectivity index (χ0n) is 19.2. The van der Waals surface area contributed by atoms with Crippen LogP contribution in [0.25, 0.3) is 0 Å². The van der Waals surface area contributed by atoms with Gasteiger partial charge in [-0.25, -0.2) is 0 Å². The lowest BCUT2D eigenvalue weighted by molar-refractivity contribution is 0.0227. The highest BCUT2D eigenvalue weighted by Gasteiger charge is 2.62. The highest BCUT2D eigenvalue weighted by molar-refractivity contribution is 5.35. The molecule has 1 aliphatic heterocycles. The molecule has 3 fully saturated rings. The number of allylic oxidation sites excluding steroid dienone is 2. The molecule has 2 saturated carbocycles. The van der Waals surface area contributed by atoms with Crippen LogP contribution < -0.4 is 0 Å². The number of hydrogen-bond donors (Lipinski definition) is 0. The Kier molecular flexibility index (Phi) is 4.81. The van der Waals surface area contributed by atoms with Crippen molar-refractivity contribution in [2.45, 2.75) is 117 Å². The SMILES string of the molecule is CC(C)CCC1O[C@H]2C[C@H]3C4=C(CC[C@]3(C)[C@H]2[C@@H]1C)[C@@]1(C)CCCCC1CC4. The topological polar surface area (TPSA) is 9.23 Å². The smallest absolute Gasteiger partial charge is 0.0622 e. The fourth-order valence-corrected chi connectivity index (χ4v) is 9.01. The molecule has 0 bridgehead atoms. The molecule has 5 rings (SSSR count). The third-order valence-corrected chi connectivity index (χ3v) is 10.5. The van der Waals surface area contributed by atoms with E-state index in [4.69, 9.17) is 4.74 Å². The first-order chi connectivity index (χ1) is 13.3. The van der Waals surface area contributed by atoms with Crippen LogP contribution in [0.15, 0.2) is 11.1 Å². The predicted molar refractivity (Wildman–Crippen MR) is 117 cm³/mol. The maximum atomic E-state index is 6.79. The molecule has 1 saturated heterocycles. The monoisotopic (exact) mass is 384 g/mol. The van der Waals surface area contributed by atoms with Gasteiger partial charge in [-0.3, -0.25) is 0 Å². The second-order valence-electron chi connectivity index (χ2n) is 12.3. The van der Waals surface area contributed by atoms with Gasteiger partial charge in [0.15, 0.2) is 0 Å². The highest BCUT2D eigenvalue weighted by Crippen LogP contribution is 2.67. The fraction of sp³-hybridized carbons (Fsp3) is 0.926. The molecule has 2 unspecified atom stereocenters. The molecule has 0 aromatic heterocycles. The summed E-state index contributed by atoms with van der Waals surface area (Å²) < 4.78 is 6.79. The molecule has 8 atom stereocenters. The van der Waals surface area contributed by atoms with Gasteiger partial charge in [-0.1, -0.05) is 58.6 Å². The fourth-order valence-electron chi connectivity index (χ4n) is 9.01. The molecule has 0 amide bonds. The largest absolute Gasteiger partial charge is 0.374 e. The van der Waals surface area contributed by atoms with E-state index in [2.05, 4.69) is 34.6 Å². The molecule has 0 spiro atoms. The van der Waals surface area contributed by atoms with Gasteiger partial charge >= 0.3 is 0 Å². The van der Waals surface area contributed by atoms with Crippen molar-refractivity contribution in [2.24, 2.45) is 40.4 Å². The first kappa shape index (κ1) is 19.7. The van der Waals surface area contributed by atoms with Crippen LogP contribution in [-0.4, -0.2) is 12.2 Å². The Balaban J connectivity index is 1.41. The molecule has 158 valence electrons. The lowest BCUT2D eigenvalue weighted by Gasteiger charge is -2.54. The normalized spacial score (nSPS) is 50.4. The highest BCUT2D eigenvalue weighted by atomic mass is 16.5. The van der Waals surface area contributed by atoms with Gasteiger partial charge in [0, 0.05) is 0 Å². The predicted octanol–water partition coefficient (Wildman–Crippen LogP) is 7.55. The van der Waals surface area contributed by atoms with Crippen molar-refractivity contribution >= 4 is 0 Å². The van der Waals surface area contributed by atoms with Crippen LogP contribution >= 0.6 is 0 Å². The number of fused-ring (bicyclic) bond motifs is 6. The summed E-state index contributed by atoms with van der Waals surface area (Å²) >= 11 is 0. The Morgan fingerprint density at radius 1 is 1.07 bits per heavy atom. The molecule has 1 heteroatoms. The zero-order chi connectivity index (χ0) is 19.7. The maximum absolute atomic E-state index is 6.79. The van der Waals surface area contributed by atoms with Gasteiger partial charge in [0.2, 0.25) is 0 Å². The van der Waals surface area contributed by atoms with Crippen molar-refractivity contribution in [3.8, 4) is 0 Å². The number of rotatable bonds is 3. The molecule has 4 aliphatic carbocycles. The minimum Gasteiger partial charge on any atom is -0.374 e. The van der Waals surface area contributed by atoms with E-state index in [1.807, 2.05) is 11.1 Å². The van der Waals surface area contributed by atoms with Crippen molar-refractivity contribution in [1.29, 1.82) is 0 Å². The van der Waals surface area contributed by atoms with E-state index in [0.717, 1.165) is 29.6 Å². The third-order valence-electron chi connectivity index (χ3n) is 10.5. The molecule has 1 nitrogen and oxygen atoms in total. The minimum atomic E-state index is 0.507. The number of hydrogen-bond acceptors (Lipinski definition) is 1. The molecular formula is C27H44O. The van der Waals surface area contributed by atoms with Crippen molar-refractivity contribution in [1.82, 2.24) is 0 Å².